The number of pyridine rings is 1. The van der Waals surface area contributed by atoms with E-state index in [2.05, 4.69) is 20.9 Å². The number of halogens is 5. The third-order valence-electron chi connectivity index (χ3n) is 2.17. The van der Waals surface area contributed by atoms with Gasteiger partial charge in [-0.1, -0.05) is 46.4 Å². The number of hydrogen-bond donors (Lipinski definition) is 0. The molecule has 0 fully saturated rings. The smallest absolute Gasteiger partial charge is 0.258 e. The highest BCUT2D eigenvalue weighted by atomic mass is 79.9. The average molecular weight is 391 g/mol. The number of aromatic nitrogens is 1. The minimum atomic E-state index is -0.707. The average Bonchev–Trinajstić information content (AvgIpc) is 2.28. The number of fused-ring (bicyclic) bond motifs is 1. The summed E-state index contributed by atoms with van der Waals surface area (Å²) in [6.07, 6.45) is 0. The maximum Gasteiger partial charge on any atom is 0.325 e. The van der Waals surface area contributed by atoms with Gasteiger partial charge in [-0.3, -0.25) is 10.1 Å². The molecular weight excluding hydrogens is 390 g/mol. The highest BCUT2D eigenvalue weighted by Gasteiger charge is 2.24. The monoisotopic (exact) mass is 388 g/mol. The number of rotatable bonds is 1. The molecule has 0 unspecified atom stereocenters. The molecule has 2 rings (SSSR count). The third kappa shape index (κ3) is 2.14. The van der Waals surface area contributed by atoms with Crippen molar-refractivity contribution in [2.75, 3.05) is 0 Å². The second kappa shape index (κ2) is 4.98. The lowest BCUT2D eigenvalue weighted by Crippen LogP contribution is -1.95. The van der Waals surface area contributed by atoms with Crippen molar-refractivity contribution in [3.8, 4) is 0 Å². The molecule has 0 aliphatic rings. The fraction of sp³-hybridized carbons (Fsp3) is 0. The van der Waals surface area contributed by atoms with Crippen molar-refractivity contribution >= 4 is 78.9 Å². The van der Waals surface area contributed by atoms with Gasteiger partial charge in [0.15, 0.2) is 0 Å². The molecule has 0 spiro atoms. The van der Waals surface area contributed by atoms with E-state index >= 15 is 0 Å². The lowest BCUT2D eigenvalue weighted by Gasteiger charge is -2.07. The van der Waals surface area contributed by atoms with Crippen LogP contribution in [0.3, 0.4) is 0 Å². The van der Waals surface area contributed by atoms with Crippen LogP contribution in [-0.2, 0) is 0 Å². The molecule has 1 aromatic carbocycles. The maximum absolute atomic E-state index is 10.8. The molecule has 4 nitrogen and oxygen atoms in total. The van der Waals surface area contributed by atoms with Crippen molar-refractivity contribution in [3.05, 3.63) is 40.9 Å². The van der Waals surface area contributed by atoms with Gasteiger partial charge in [-0.2, -0.15) is 0 Å². The van der Waals surface area contributed by atoms with Gasteiger partial charge in [0.1, 0.15) is 5.02 Å². The Morgan fingerprint density at radius 1 is 1.22 bits per heavy atom. The summed E-state index contributed by atoms with van der Waals surface area (Å²) in [5.74, 6) is 0. The molecule has 1 heterocycles. The fourth-order valence-corrected chi connectivity index (χ4v) is 2.79. The van der Waals surface area contributed by atoms with E-state index in [1.54, 1.807) is 0 Å². The summed E-state index contributed by atoms with van der Waals surface area (Å²) in [6.45, 7) is 0. The predicted octanol–water partition coefficient (Wildman–Crippen LogP) is 5.52. The van der Waals surface area contributed by atoms with Crippen LogP contribution in [0.2, 0.25) is 20.2 Å². The minimum Gasteiger partial charge on any atom is -0.258 e. The van der Waals surface area contributed by atoms with E-state index in [0.717, 1.165) is 0 Å². The van der Waals surface area contributed by atoms with Gasteiger partial charge in [0.25, 0.3) is 0 Å². The molecule has 9 heteroatoms. The molecule has 1 aromatic heterocycles. The van der Waals surface area contributed by atoms with Crippen LogP contribution >= 0.6 is 62.3 Å². The lowest BCUT2D eigenvalue weighted by molar-refractivity contribution is -0.384. The van der Waals surface area contributed by atoms with Crippen LogP contribution in [0.25, 0.3) is 10.9 Å². The van der Waals surface area contributed by atoms with Crippen LogP contribution in [0.1, 0.15) is 0 Å². The molecule has 18 heavy (non-hydrogen) atoms. The molecule has 2 aromatic rings. The van der Waals surface area contributed by atoms with Crippen molar-refractivity contribution in [1.29, 1.82) is 0 Å². The molecule has 0 saturated heterocycles. The van der Waals surface area contributed by atoms with E-state index in [-0.39, 0.29) is 31.1 Å². The number of nitrogens with zero attached hydrogens (tertiary/aromatic N) is 2. The highest BCUT2D eigenvalue weighted by Crippen LogP contribution is 2.43. The number of nitro groups is 1. The quantitative estimate of drug-likeness (QED) is 0.279. The van der Waals surface area contributed by atoms with E-state index in [0.29, 0.717) is 4.47 Å². The van der Waals surface area contributed by atoms with E-state index < -0.39 is 10.6 Å². The second-order valence-electron chi connectivity index (χ2n) is 3.20. The number of benzene rings is 1. The molecular formula is C9HBrCl4N2O2. The van der Waals surface area contributed by atoms with E-state index in [1.165, 1.54) is 6.07 Å². The van der Waals surface area contributed by atoms with Gasteiger partial charge < -0.3 is 0 Å². The normalized spacial score (nSPS) is 10.9. The summed E-state index contributed by atoms with van der Waals surface area (Å²) in [7, 11) is 0. The van der Waals surface area contributed by atoms with Gasteiger partial charge in [0.2, 0.25) is 5.15 Å². The van der Waals surface area contributed by atoms with Crippen LogP contribution < -0.4 is 0 Å². The van der Waals surface area contributed by atoms with E-state index in [4.69, 9.17) is 46.4 Å². The fourth-order valence-electron chi connectivity index (χ4n) is 1.39. The first kappa shape index (κ1) is 14.1. The summed E-state index contributed by atoms with van der Waals surface area (Å²) < 4.78 is 0.423. The molecule has 0 atom stereocenters. The van der Waals surface area contributed by atoms with Crippen molar-refractivity contribution in [2.45, 2.75) is 0 Å². The molecule has 0 aliphatic heterocycles. The Morgan fingerprint density at radius 3 is 2.39 bits per heavy atom. The molecule has 0 radical (unpaired) electrons. The van der Waals surface area contributed by atoms with Gasteiger partial charge in [-0.05, 0) is 22.0 Å². The minimum absolute atomic E-state index is 0.147. The van der Waals surface area contributed by atoms with Gasteiger partial charge in [-0.15, -0.1) is 0 Å². The van der Waals surface area contributed by atoms with E-state index in [1.807, 2.05) is 0 Å². The second-order valence-corrected chi connectivity index (χ2v) is 5.52. The zero-order chi connectivity index (χ0) is 13.6. The zero-order valence-corrected chi connectivity index (χ0v) is 12.8. The molecule has 0 saturated carbocycles. The largest absolute Gasteiger partial charge is 0.325 e. The van der Waals surface area contributed by atoms with Crippen LogP contribution in [0.5, 0.6) is 0 Å². The molecule has 0 bridgehead atoms. The lowest BCUT2D eigenvalue weighted by atomic mass is 10.2. The van der Waals surface area contributed by atoms with Crippen LogP contribution in [0.15, 0.2) is 10.5 Å². The molecule has 94 valence electrons. The Balaban J connectivity index is 3.01. The predicted molar refractivity (Wildman–Crippen MR) is 76.1 cm³/mol. The summed E-state index contributed by atoms with van der Waals surface area (Å²) in [5, 5.41) is 11.1. The molecule has 0 amide bonds. The highest BCUT2D eigenvalue weighted by molar-refractivity contribution is 9.10. The van der Waals surface area contributed by atoms with Crippen LogP contribution in [-0.4, -0.2) is 9.91 Å². The Morgan fingerprint density at radius 2 is 1.83 bits per heavy atom. The zero-order valence-electron chi connectivity index (χ0n) is 8.18. The van der Waals surface area contributed by atoms with Crippen LogP contribution in [0.4, 0.5) is 5.69 Å². The first-order valence-corrected chi connectivity index (χ1v) is 6.61. The van der Waals surface area contributed by atoms with Crippen molar-refractivity contribution in [3.63, 3.8) is 0 Å². The summed E-state index contributed by atoms with van der Waals surface area (Å²) in [6, 6.07) is 1.44. The Kier molecular flexibility index (Phi) is 3.90. The van der Waals surface area contributed by atoms with Crippen molar-refractivity contribution < 1.29 is 4.92 Å². The molecule has 0 N–H and O–H groups in total. The third-order valence-corrected chi connectivity index (χ3v) is 4.76. The van der Waals surface area contributed by atoms with Gasteiger partial charge >= 0.3 is 5.69 Å². The maximum atomic E-state index is 10.8. The Hall–Kier alpha value is -0.330. The van der Waals surface area contributed by atoms with Crippen molar-refractivity contribution in [1.82, 2.24) is 4.98 Å². The first-order chi connectivity index (χ1) is 8.34. The summed E-state index contributed by atoms with van der Waals surface area (Å²) >= 11 is 26.8. The number of hydrogen-bond acceptors (Lipinski definition) is 3. The summed E-state index contributed by atoms with van der Waals surface area (Å²) in [4.78, 5) is 14.0. The molecule has 0 aliphatic carbocycles. The Bertz CT molecular complexity index is 692. The summed E-state index contributed by atoms with van der Waals surface area (Å²) in [5.41, 5.74) is -0.228. The topological polar surface area (TPSA) is 56.0 Å². The van der Waals surface area contributed by atoms with Gasteiger partial charge in [-0.25, -0.2) is 4.98 Å². The van der Waals surface area contributed by atoms with Crippen LogP contribution in [0, 0.1) is 10.1 Å². The standard InChI is InChI=1S/C9HBrCl4N2O2/c10-4-3(11)1-2-5(12)8(16(17)18)9(14)15-7(2)6(4)13/h1H. The van der Waals surface area contributed by atoms with E-state index in [9.17, 15) is 10.1 Å². The first-order valence-electron chi connectivity index (χ1n) is 4.31. The SMILES string of the molecule is O=[N+]([O-])c1c(Cl)nc2c(Cl)c(Br)c(Cl)cc2c1Cl. The van der Waals surface area contributed by atoms with Crippen molar-refractivity contribution in [2.24, 2.45) is 0 Å². The van der Waals surface area contributed by atoms with Gasteiger partial charge in [0, 0.05) is 5.39 Å². The Labute approximate surface area is 129 Å². The van der Waals surface area contributed by atoms with Gasteiger partial charge in [0.05, 0.1) is 25.0 Å².